The number of fused-ring (bicyclic) bond motifs is 1. The van der Waals surface area contributed by atoms with Crippen LogP contribution >= 0.6 is 0 Å². The second-order valence-corrected chi connectivity index (χ2v) is 8.27. The van der Waals surface area contributed by atoms with E-state index in [0.717, 1.165) is 42.2 Å². The summed E-state index contributed by atoms with van der Waals surface area (Å²) in [6.07, 6.45) is 3.28. The van der Waals surface area contributed by atoms with Crippen molar-refractivity contribution >= 4 is 11.8 Å². The van der Waals surface area contributed by atoms with E-state index in [4.69, 9.17) is 9.72 Å². The smallest absolute Gasteiger partial charge is 0.303 e. The molecule has 1 aromatic carbocycles. The highest BCUT2D eigenvalue weighted by atomic mass is 16.5. The van der Waals surface area contributed by atoms with Gasteiger partial charge in [-0.2, -0.15) is 10.4 Å². The average Bonchev–Trinajstić information content (AvgIpc) is 3.17. The minimum atomic E-state index is -0.887. The molecule has 0 fully saturated rings. The summed E-state index contributed by atoms with van der Waals surface area (Å²) in [7, 11) is 1.81. The molecule has 0 saturated heterocycles. The second-order valence-electron chi connectivity index (χ2n) is 8.27. The summed E-state index contributed by atoms with van der Waals surface area (Å²) in [5.41, 5.74) is 4.32. The quantitative estimate of drug-likeness (QED) is 0.518. The summed E-state index contributed by atoms with van der Waals surface area (Å²) in [6.45, 7) is 1.43. The number of hydrogen-bond acceptors (Lipinski definition) is 6. The standard InChI is InChI=1S/C25H27N5O3/c1-30-23(33-11-9-21-8-7-18-6-3-10-27-25(18)28-21)15-22(29-30)13-20(14-24(31)32)19-5-2-4-17(12-19)16-26/h2,4-5,7-8,12,15,20H,3,6,9-11,13-14H2,1H3,(H,27,28)(H,31,32). The minimum Gasteiger partial charge on any atom is -0.481 e. The first-order valence-electron chi connectivity index (χ1n) is 11.1. The van der Waals surface area contributed by atoms with E-state index in [2.05, 4.69) is 28.6 Å². The molecule has 0 aliphatic carbocycles. The molecular formula is C25H27N5O3. The van der Waals surface area contributed by atoms with Gasteiger partial charge in [-0.1, -0.05) is 18.2 Å². The largest absolute Gasteiger partial charge is 0.481 e. The van der Waals surface area contributed by atoms with Crippen molar-refractivity contribution < 1.29 is 14.6 Å². The number of benzene rings is 1. The molecule has 0 radical (unpaired) electrons. The van der Waals surface area contributed by atoms with Crippen LogP contribution in [0.3, 0.4) is 0 Å². The van der Waals surface area contributed by atoms with Crippen molar-refractivity contribution in [3.63, 3.8) is 0 Å². The van der Waals surface area contributed by atoms with E-state index in [1.807, 2.05) is 19.2 Å². The maximum Gasteiger partial charge on any atom is 0.303 e. The number of nitrogens with zero attached hydrogens (tertiary/aromatic N) is 4. The maximum atomic E-state index is 11.4. The van der Waals surface area contributed by atoms with Gasteiger partial charge in [0.05, 0.1) is 30.4 Å². The normalized spacial score (nSPS) is 13.5. The van der Waals surface area contributed by atoms with Crippen LogP contribution in [-0.2, 0) is 31.1 Å². The number of aryl methyl sites for hydroxylation is 2. The molecule has 1 aliphatic rings. The fourth-order valence-electron chi connectivity index (χ4n) is 4.14. The second kappa shape index (κ2) is 10.2. The van der Waals surface area contributed by atoms with Crippen LogP contribution in [0.15, 0.2) is 42.5 Å². The number of carboxylic acid groups (broad SMARTS) is 1. The summed E-state index contributed by atoms with van der Waals surface area (Å²) in [5, 5.41) is 26.4. The molecule has 8 heteroatoms. The van der Waals surface area contributed by atoms with E-state index in [9.17, 15) is 15.2 Å². The fraction of sp³-hybridized carbons (Fsp3) is 0.360. The first-order chi connectivity index (χ1) is 16.0. The number of pyridine rings is 1. The number of carboxylic acids is 1. The van der Waals surface area contributed by atoms with Crippen LogP contribution in [0, 0.1) is 11.3 Å². The average molecular weight is 446 g/mol. The van der Waals surface area contributed by atoms with Crippen molar-refractivity contribution in [2.24, 2.45) is 7.05 Å². The Morgan fingerprint density at radius 1 is 1.30 bits per heavy atom. The van der Waals surface area contributed by atoms with Crippen LogP contribution in [0.25, 0.3) is 0 Å². The summed E-state index contributed by atoms with van der Waals surface area (Å²) < 4.78 is 7.62. The molecule has 0 saturated carbocycles. The third kappa shape index (κ3) is 5.69. The summed E-state index contributed by atoms with van der Waals surface area (Å²) in [5.74, 6) is 0.431. The molecule has 0 spiro atoms. The molecular weight excluding hydrogens is 418 g/mol. The van der Waals surface area contributed by atoms with Gasteiger partial charge in [0.25, 0.3) is 0 Å². The number of rotatable bonds is 9. The van der Waals surface area contributed by atoms with E-state index in [-0.39, 0.29) is 12.3 Å². The number of hydrogen-bond donors (Lipinski definition) is 2. The zero-order valence-electron chi connectivity index (χ0n) is 18.6. The van der Waals surface area contributed by atoms with Gasteiger partial charge >= 0.3 is 5.97 Å². The van der Waals surface area contributed by atoms with E-state index in [1.54, 1.807) is 22.9 Å². The lowest BCUT2D eigenvalue weighted by molar-refractivity contribution is -0.137. The van der Waals surface area contributed by atoms with Crippen LogP contribution in [0.4, 0.5) is 5.82 Å². The minimum absolute atomic E-state index is 0.0420. The molecule has 8 nitrogen and oxygen atoms in total. The molecule has 4 rings (SSSR count). The number of aromatic nitrogens is 3. The van der Waals surface area contributed by atoms with E-state index < -0.39 is 5.97 Å². The predicted molar refractivity (Wildman–Crippen MR) is 123 cm³/mol. The number of anilines is 1. The molecule has 3 heterocycles. The molecule has 33 heavy (non-hydrogen) atoms. The Labute approximate surface area is 192 Å². The van der Waals surface area contributed by atoms with Gasteiger partial charge < -0.3 is 15.2 Å². The Hall–Kier alpha value is -3.86. The number of nitriles is 1. The van der Waals surface area contributed by atoms with Crippen molar-refractivity contribution in [3.8, 4) is 11.9 Å². The van der Waals surface area contributed by atoms with Crippen molar-refractivity contribution in [1.82, 2.24) is 14.8 Å². The lowest BCUT2D eigenvalue weighted by Crippen LogP contribution is -2.14. The van der Waals surface area contributed by atoms with Crippen molar-refractivity contribution in [2.75, 3.05) is 18.5 Å². The summed E-state index contributed by atoms with van der Waals surface area (Å²) >= 11 is 0. The highest BCUT2D eigenvalue weighted by molar-refractivity contribution is 5.68. The Morgan fingerprint density at radius 2 is 2.18 bits per heavy atom. The Bertz CT molecular complexity index is 1180. The molecule has 2 aromatic heterocycles. The Balaban J connectivity index is 1.40. The van der Waals surface area contributed by atoms with Crippen molar-refractivity contribution in [3.05, 3.63) is 70.5 Å². The molecule has 1 unspecified atom stereocenters. The molecule has 170 valence electrons. The highest BCUT2D eigenvalue weighted by Gasteiger charge is 2.19. The third-order valence-corrected chi connectivity index (χ3v) is 5.81. The SMILES string of the molecule is Cn1nc(CC(CC(=O)O)c2cccc(C#N)c2)cc1OCCc1ccc2c(n1)NCCC2. The van der Waals surface area contributed by atoms with Gasteiger partial charge in [0.1, 0.15) is 5.82 Å². The lowest BCUT2D eigenvalue weighted by atomic mass is 9.90. The van der Waals surface area contributed by atoms with E-state index in [0.29, 0.717) is 30.9 Å². The van der Waals surface area contributed by atoms with Crippen LogP contribution in [0.5, 0.6) is 5.88 Å². The monoisotopic (exact) mass is 445 g/mol. The first kappa shape index (κ1) is 22.3. The Morgan fingerprint density at radius 3 is 3.00 bits per heavy atom. The van der Waals surface area contributed by atoms with E-state index in [1.165, 1.54) is 5.56 Å². The first-order valence-corrected chi connectivity index (χ1v) is 11.1. The zero-order valence-corrected chi connectivity index (χ0v) is 18.6. The summed E-state index contributed by atoms with van der Waals surface area (Å²) in [6, 6.07) is 15.2. The molecule has 3 aromatic rings. The van der Waals surface area contributed by atoms with Gasteiger partial charge in [0, 0.05) is 31.8 Å². The summed E-state index contributed by atoms with van der Waals surface area (Å²) in [4.78, 5) is 16.1. The molecule has 2 N–H and O–H groups in total. The molecule has 1 aliphatic heterocycles. The van der Waals surface area contributed by atoms with Gasteiger partial charge in [-0.05, 0) is 54.5 Å². The zero-order chi connectivity index (χ0) is 23.2. The number of carbonyl (C=O) groups is 1. The van der Waals surface area contributed by atoms with Crippen LogP contribution < -0.4 is 10.1 Å². The predicted octanol–water partition coefficient (Wildman–Crippen LogP) is 3.47. The van der Waals surface area contributed by atoms with E-state index >= 15 is 0 Å². The lowest BCUT2D eigenvalue weighted by Gasteiger charge is -2.17. The topological polar surface area (TPSA) is 113 Å². The van der Waals surface area contributed by atoms with Gasteiger partial charge in [0.2, 0.25) is 5.88 Å². The number of nitrogens with one attached hydrogen (secondary N) is 1. The van der Waals surface area contributed by atoms with Gasteiger partial charge in [-0.15, -0.1) is 0 Å². The molecule has 1 atom stereocenters. The van der Waals surface area contributed by atoms with Crippen molar-refractivity contribution in [1.29, 1.82) is 5.26 Å². The highest BCUT2D eigenvalue weighted by Crippen LogP contribution is 2.26. The fourth-order valence-corrected chi connectivity index (χ4v) is 4.14. The van der Waals surface area contributed by atoms with Gasteiger partial charge in [-0.25, -0.2) is 9.67 Å². The molecule has 0 bridgehead atoms. The number of aliphatic carboxylic acids is 1. The van der Waals surface area contributed by atoms with Crippen LogP contribution in [0.2, 0.25) is 0 Å². The van der Waals surface area contributed by atoms with Crippen LogP contribution in [-0.4, -0.2) is 39.0 Å². The van der Waals surface area contributed by atoms with Gasteiger partial charge in [-0.3, -0.25) is 4.79 Å². The Kier molecular flexibility index (Phi) is 6.89. The maximum absolute atomic E-state index is 11.4. The number of ether oxygens (including phenoxy) is 1. The third-order valence-electron chi connectivity index (χ3n) is 5.81. The van der Waals surface area contributed by atoms with Crippen LogP contribution in [0.1, 0.15) is 46.8 Å². The molecule has 0 amide bonds. The van der Waals surface area contributed by atoms with Crippen molar-refractivity contribution in [2.45, 2.75) is 38.0 Å². The van der Waals surface area contributed by atoms with Gasteiger partial charge in [0.15, 0.2) is 0 Å².